The van der Waals surface area contributed by atoms with Crippen molar-refractivity contribution in [2.75, 3.05) is 39.8 Å². The normalized spacial score (nSPS) is 17.6. The Balaban J connectivity index is 1.87. The van der Waals surface area contributed by atoms with Crippen LogP contribution in [0.5, 0.6) is 5.75 Å². The zero-order valence-corrected chi connectivity index (χ0v) is 12.9. The standard InChI is InChI=1S/C16H25N3O2/c1-13(12-17)18-6-8-19(9-7-18)16(20)11-14-4-3-5-15(10-14)21-2/h3-5,10,13H,6-9,11-12,17H2,1-2H3. The first-order chi connectivity index (χ1) is 10.1. The Kier molecular flexibility index (Phi) is 5.59. The summed E-state index contributed by atoms with van der Waals surface area (Å²) in [6.07, 6.45) is 0.434. The number of amides is 1. The number of rotatable bonds is 5. The molecule has 1 aromatic carbocycles. The predicted octanol–water partition coefficient (Wildman–Crippen LogP) is 0.729. The highest BCUT2D eigenvalue weighted by atomic mass is 16.5. The molecule has 1 saturated heterocycles. The molecule has 21 heavy (non-hydrogen) atoms. The maximum atomic E-state index is 12.4. The Hall–Kier alpha value is -1.59. The maximum absolute atomic E-state index is 12.4. The van der Waals surface area contributed by atoms with Crippen molar-refractivity contribution in [3.8, 4) is 5.75 Å². The van der Waals surface area contributed by atoms with Gasteiger partial charge >= 0.3 is 0 Å². The maximum Gasteiger partial charge on any atom is 0.227 e. The molecule has 0 aliphatic carbocycles. The molecule has 1 unspecified atom stereocenters. The van der Waals surface area contributed by atoms with E-state index in [0.29, 0.717) is 19.0 Å². The first-order valence-electron chi connectivity index (χ1n) is 7.49. The first kappa shape index (κ1) is 15.8. The van der Waals surface area contributed by atoms with E-state index in [1.807, 2.05) is 29.2 Å². The van der Waals surface area contributed by atoms with Crippen molar-refractivity contribution in [3.63, 3.8) is 0 Å². The lowest BCUT2D eigenvalue weighted by Crippen LogP contribution is -2.53. The minimum Gasteiger partial charge on any atom is -0.497 e. The summed E-state index contributed by atoms with van der Waals surface area (Å²) in [5.74, 6) is 0.977. The Bertz CT molecular complexity index is 470. The first-order valence-corrected chi connectivity index (χ1v) is 7.49. The van der Waals surface area contributed by atoms with Gasteiger partial charge in [0.15, 0.2) is 0 Å². The largest absolute Gasteiger partial charge is 0.497 e. The van der Waals surface area contributed by atoms with Crippen molar-refractivity contribution in [3.05, 3.63) is 29.8 Å². The van der Waals surface area contributed by atoms with Crippen LogP contribution < -0.4 is 10.5 Å². The second-order valence-electron chi connectivity index (χ2n) is 5.53. The minimum absolute atomic E-state index is 0.184. The number of ether oxygens (including phenoxy) is 1. The Morgan fingerprint density at radius 1 is 1.33 bits per heavy atom. The van der Waals surface area contributed by atoms with Crippen LogP contribution in [0.2, 0.25) is 0 Å². The van der Waals surface area contributed by atoms with Gasteiger partial charge in [-0.15, -0.1) is 0 Å². The van der Waals surface area contributed by atoms with Crippen LogP contribution >= 0.6 is 0 Å². The number of hydrogen-bond acceptors (Lipinski definition) is 4. The van der Waals surface area contributed by atoms with Crippen molar-refractivity contribution < 1.29 is 9.53 Å². The summed E-state index contributed by atoms with van der Waals surface area (Å²) in [6.45, 7) is 6.18. The molecule has 0 aromatic heterocycles. The van der Waals surface area contributed by atoms with Crippen molar-refractivity contribution in [1.82, 2.24) is 9.80 Å². The van der Waals surface area contributed by atoms with Gasteiger partial charge in [0, 0.05) is 38.8 Å². The number of benzene rings is 1. The summed E-state index contributed by atoms with van der Waals surface area (Å²) < 4.78 is 5.19. The highest BCUT2D eigenvalue weighted by Crippen LogP contribution is 2.14. The number of carbonyl (C=O) groups is 1. The summed E-state index contributed by atoms with van der Waals surface area (Å²) in [7, 11) is 1.64. The number of hydrogen-bond donors (Lipinski definition) is 1. The molecule has 1 aliphatic heterocycles. The number of piperazine rings is 1. The summed E-state index contributed by atoms with van der Waals surface area (Å²) in [5.41, 5.74) is 6.69. The van der Waals surface area contributed by atoms with E-state index in [-0.39, 0.29) is 5.91 Å². The number of nitrogens with two attached hydrogens (primary N) is 1. The van der Waals surface area contributed by atoms with E-state index in [4.69, 9.17) is 10.5 Å². The smallest absolute Gasteiger partial charge is 0.227 e. The fourth-order valence-electron chi connectivity index (χ4n) is 2.63. The van der Waals surface area contributed by atoms with Crippen molar-refractivity contribution in [2.45, 2.75) is 19.4 Å². The third-order valence-electron chi connectivity index (χ3n) is 4.12. The number of carbonyl (C=O) groups excluding carboxylic acids is 1. The SMILES string of the molecule is COc1cccc(CC(=O)N2CCN(C(C)CN)CC2)c1. The molecule has 0 spiro atoms. The van der Waals surface area contributed by atoms with Gasteiger partial charge in [0.25, 0.3) is 0 Å². The molecule has 0 bridgehead atoms. The van der Waals surface area contributed by atoms with E-state index in [1.165, 1.54) is 0 Å². The van der Waals surface area contributed by atoms with Gasteiger partial charge in [-0.1, -0.05) is 12.1 Å². The zero-order valence-electron chi connectivity index (χ0n) is 12.9. The molecule has 2 rings (SSSR count). The molecule has 0 saturated carbocycles. The molecule has 1 heterocycles. The van der Waals surface area contributed by atoms with Gasteiger partial charge in [-0.2, -0.15) is 0 Å². The van der Waals surface area contributed by atoms with Crippen LogP contribution in [0.15, 0.2) is 24.3 Å². The van der Waals surface area contributed by atoms with E-state index >= 15 is 0 Å². The van der Waals surface area contributed by atoms with Gasteiger partial charge in [-0.05, 0) is 24.6 Å². The van der Waals surface area contributed by atoms with E-state index in [2.05, 4.69) is 11.8 Å². The number of nitrogens with zero attached hydrogens (tertiary/aromatic N) is 2. The molecule has 5 heteroatoms. The van der Waals surface area contributed by atoms with Gasteiger partial charge in [0.1, 0.15) is 5.75 Å². The van der Waals surface area contributed by atoms with Crippen molar-refractivity contribution in [1.29, 1.82) is 0 Å². The van der Waals surface area contributed by atoms with Crippen molar-refractivity contribution >= 4 is 5.91 Å². The van der Waals surface area contributed by atoms with Gasteiger partial charge < -0.3 is 15.4 Å². The molecule has 116 valence electrons. The summed E-state index contributed by atoms with van der Waals surface area (Å²) in [6, 6.07) is 8.08. The quantitative estimate of drug-likeness (QED) is 0.869. The highest BCUT2D eigenvalue weighted by molar-refractivity contribution is 5.79. The van der Waals surface area contributed by atoms with E-state index in [9.17, 15) is 4.79 Å². The van der Waals surface area contributed by atoms with Crippen LogP contribution in [0.1, 0.15) is 12.5 Å². The number of methoxy groups -OCH3 is 1. The summed E-state index contributed by atoms with van der Waals surface area (Å²) in [4.78, 5) is 16.6. The molecule has 0 radical (unpaired) electrons. The third-order valence-corrected chi connectivity index (χ3v) is 4.12. The van der Waals surface area contributed by atoms with Crippen LogP contribution in [0.4, 0.5) is 0 Å². The van der Waals surface area contributed by atoms with E-state index in [1.54, 1.807) is 7.11 Å². The van der Waals surface area contributed by atoms with Crippen LogP contribution in [-0.2, 0) is 11.2 Å². The molecule has 5 nitrogen and oxygen atoms in total. The lowest BCUT2D eigenvalue weighted by atomic mass is 10.1. The molecule has 1 atom stereocenters. The monoisotopic (exact) mass is 291 g/mol. The fourth-order valence-corrected chi connectivity index (χ4v) is 2.63. The minimum atomic E-state index is 0.184. The average molecular weight is 291 g/mol. The van der Waals surface area contributed by atoms with Crippen molar-refractivity contribution in [2.24, 2.45) is 5.73 Å². The molecule has 1 fully saturated rings. The van der Waals surface area contributed by atoms with Gasteiger partial charge in [0.05, 0.1) is 13.5 Å². The predicted molar refractivity (Wildman–Crippen MR) is 83.4 cm³/mol. The molecule has 2 N–H and O–H groups in total. The summed E-state index contributed by atoms with van der Waals surface area (Å²) >= 11 is 0. The van der Waals surface area contributed by atoms with Gasteiger partial charge in [0.2, 0.25) is 5.91 Å². The van der Waals surface area contributed by atoms with Gasteiger partial charge in [-0.3, -0.25) is 9.69 Å². The second-order valence-corrected chi connectivity index (χ2v) is 5.53. The van der Waals surface area contributed by atoms with E-state index < -0.39 is 0 Å². The lowest BCUT2D eigenvalue weighted by Gasteiger charge is -2.37. The molecular formula is C16H25N3O2. The topological polar surface area (TPSA) is 58.8 Å². The van der Waals surface area contributed by atoms with Crippen LogP contribution in [0, 0.1) is 0 Å². The fraction of sp³-hybridized carbons (Fsp3) is 0.562. The summed E-state index contributed by atoms with van der Waals surface area (Å²) in [5, 5.41) is 0. The highest BCUT2D eigenvalue weighted by Gasteiger charge is 2.23. The lowest BCUT2D eigenvalue weighted by molar-refractivity contribution is -0.132. The molecule has 1 aliphatic rings. The van der Waals surface area contributed by atoms with Crippen LogP contribution in [-0.4, -0.2) is 61.6 Å². The zero-order chi connectivity index (χ0) is 15.2. The Morgan fingerprint density at radius 3 is 2.67 bits per heavy atom. The Morgan fingerprint density at radius 2 is 2.05 bits per heavy atom. The molecule has 1 aromatic rings. The average Bonchev–Trinajstić information content (AvgIpc) is 2.54. The third kappa shape index (κ3) is 4.19. The Labute approximate surface area is 126 Å². The van der Waals surface area contributed by atoms with Gasteiger partial charge in [-0.25, -0.2) is 0 Å². The van der Waals surface area contributed by atoms with Crippen LogP contribution in [0.25, 0.3) is 0 Å². The van der Waals surface area contributed by atoms with E-state index in [0.717, 1.165) is 37.5 Å². The second kappa shape index (κ2) is 7.43. The molecule has 1 amide bonds. The van der Waals surface area contributed by atoms with Crippen LogP contribution in [0.3, 0.4) is 0 Å². The molecular weight excluding hydrogens is 266 g/mol.